The molecule has 0 heterocycles. The molecule has 1 aromatic carbocycles. The molecule has 0 atom stereocenters. The zero-order chi connectivity index (χ0) is 13.2. The Morgan fingerprint density at radius 2 is 2.22 bits per heavy atom. The summed E-state index contributed by atoms with van der Waals surface area (Å²) in [7, 11) is 0. The lowest BCUT2D eigenvalue weighted by Crippen LogP contribution is -2.41. The van der Waals surface area contributed by atoms with Gasteiger partial charge in [-0.05, 0) is 42.9 Å². The Morgan fingerprint density at radius 1 is 1.50 bits per heavy atom. The molecule has 1 fully saturated rings. The van der Waals surface area contributed by atoms with Gasteiger partial charge in [-0.1, -0.05) is 13.3 Å². The summed E-state index contributed by atoms with van der Waals surface area (Å²) in [6, 6.07) is 4.15. The Hall–Kier alpha value is -1.58. The van der Waals surface area contributed by atoms with Crippen molar-refractivity contribution in [2.45, 2.75) is 32.6 Å². The van der Waals surface area contributed by atoms with Crippen molar-refractivity contribution in [3.05, 3.63) is 29.6 Å². The highest BCUT2D eigenvalue weighted by Gasteiger charge is 2.35. The average Bonchev–Trinajstić information content (AvgIpc) is 2.31. The van der Waals surface area contributed by atoms with Gasteiger partial charge in [0.05, 0.1) is 5.69 Å². The van der Waals surface area contributed by atoms with E-state index in [1.54, 1.807) is 6.07 Å². The van der Waals surface area contributed by atoms with E-state index in [4.69, 9.17) is 5.73 Å². The van der Waals surface area contributed by atoms with Crippen molar-refractivity contribution in [3.63, 3.8) is 0 Å². The molecule has 98 valence electrons. The summed E-state index contributed by atoms with van der Waals surface area (Å²) in [5.41, 5.74) is 6.03. The van der Waals surface area contributed by atoms with Gasteiger partial charge in [0, 0.05) is 12.1 Å². The Balaban J connectivity index is 1.97. The standard InChI is InChI=1S/C14H19FN2O/c1-2-14(6-3-7-14)9-17-13(18)10-4-5-12(16)11(15)8-10/h4-5,8H,2-3,6-7,9,16H2,1H3,(H,17,18). The molecule has 4 heteroatoms. The van der Waals surface area contributed by atoms with E-state index >= 15 is 0 Å². The predicted molar refractivity (Wildman–Crippen MR) is 69.7 cm³/mol. The Kier molecular flexibility index (Phi) is 3.55. The minimum Gasteiger partial charge on any atom is -0.396 e. The molecule has 0 bridgehead atoms. The number of nitrogens with two attached hydrogens (primary N) is 1. The summed E-state index contributed by atoms with van der Waals surface area (Å²) in [6.45, 7) is 2.82. The van der Waals surface area contributed by atoms with Gasteiger partial charge in [-0.2, -0.15) is 0 Å². The number of hydrogen-bond donors (Lipinski definition) is 2. The fourth-order valence-electron chi connectivity index (χ4n) is 2.37. The monoisotopic (exact) mass is 250 g/mol. The number of rotatable bonds is 4. The van der Waals surface area contributed by atoms with Crippen LogP contribution in [0.4, 0.5) is 10.1 Å². The number of nitrogens with one attached hydrogen (secondary N) is 1. The van der Waals surface area contributed by atoms with Gasteiger partial charge >= 0.3 is 0 Å². The van der Waals surface area contributed by atoms with Crippen LogP contribution in [-0.4, -0.2) is 12.5 Å². The van der Waals surface area contributed by atoms with Crippen molar-refractivity contribution >= 4 is 11.6 Å². The highest BCUT2D eigenvalue weighted by Crippen LogP contribution is 2.43. The lowest BCUT2D eigenvalue weighted by Gasteiger charge is -2.41. The lowest BCUT2D eigenvalue weighted by molar-refractivity contribution is 0.0849. The molecule has 0 radical (unpaired) electrons. The zero-order valence-electron chi connectivity index (χ0n) is 10.6. The molecule has 3 N–H and O–H groups in total. The third kappa shape index (κ3) is 2.47. The van der Waals surface area contributed by atoms with E-state index in [-0.39, 0.29) is 17.0 Å². The zero-order valence-corrected chi connectivity index (χ0v) is 10.6. The van der Waals surface area contributed by atoms with Crippen LogP contribution in [0.1, 0.15) is 43.0 Å². The summed E-state index contributed by atoms with van der Waals surface area (Å²) in [5.74, 6) is -0.773. The maximum absolute atomic E-state index is 13.3. The van der Waals surface area contributed by atoms with Gasteiger partial charge in [-0.25, -0.2) is 4.39 Å². The second kappa shape index (κ2) is 4.96. The molecule has 0 spiro atoms. The second-order valence-corrected chi connectivity index (χ2v) is 5.13. The van der Waals surface area contributed by atoms with Crippen molar-refractivity contribution in [2.24, 2.45) is 5.41 Å². The van der Waals surface area contributed by atoms with Crippen LogP contribution in [0.2, 0.25) is 0 Å². The number of amides is 1. The van der Waals surface area contributed by atoms with Gasteiger partial charge in [0.1, 0.15) is 5.82 Å². The molecule has 3 nitrogen and oxygen atoms in total. The van der Waals surface area contributed by atoms with Gasteiger partial charge in [0.2, 0.25) is 0 Å². The lowest BCUT2D eigenvalue weighted by atomic mass is 9.67. The average molecular weight is 250 g/mol. The minimum absolute atomic E-state index is 0.0653. The molecular formula is C14H19FN2O. The van der Waals surface area contributed by atoms with E-state index in [0.29, 0.717) is 12.1 Å². The number of nitrogen functional groups attached to an aromatic ring is 1. The fourth-order valence-corrected chi connectivity index (χ4v) is 2.37. The molecule has 0 saturated heterocycles. The molecule has 1 aliphatic rings. The Labute approximate surface area is 107 Å². The molecule has 0 unspecified atom stereocenters. The number of anilines is 1. The molecule has 0 aromatic heterocycles. The highest BCUT2D eigenvalue weighted by atomic mass is 19.1. The molecule has 0 aliphatic heterocycles. The van der Waals surface area contributed by atoms with E-state index in [2.05, 4.69) is 12.2 Å². The first-order chi connectivity index (χ1) is 8.56. The summed E-state index contributed by atoms with van der Waals surface area (Å²) in [6.07, 6.45) is 4.64. The van der Waals surface area contributed by atoms with E-state index < -0.39 is 5.82 Å². The maximum Gasteiger partial charge on any atom is 0.251 e. The summed E-state index contributed by atoms with van der Waals surface area (Å²) in [4.78, 5) is 11.9. The van der Waals surface area contributed by atoms with Gasteiger partial charge in [-0.15, -0.1) is 0 Å². The van der Waals surface area contributed by atoms with Gasteiger partial charge in [0.15, 0.2) is 0 Å². The number of hydrogen-bond acceptors (Lipinski definition) is 2. The van der Waals surface area contributed by atoms with E-state index in [0.717, 1.165) is 6.42 Å². The van der Waals surface area contributed by atoms with Crippen molar-refractivity contribution in [2.75, 3.05) is 12.3 Å². The minimum atomic E-state index is -0.545. The van der Waals surface area contributed by atoms with E-state index in [1.165, 1.54) is 31.4 Å². The SMILES string of the molecule is CCC1(CNC(=O)c2ccc(N)c(F)c2)CCC1. The van der Waals surface area contributed by atoms with Crippen LogP contribution in [0.25, 0.3) is 0 Å². The number of halogens is 1. The Morgan fingerprint density at radius 3 is 2.72 bits per heavy atom. The van der Waals surface area contributed by atoms with Crippen LogP contribution in [0.5, 0.6) is 0 Å². The van der Waals surface area contributed by atoms with E-state index in [1.807, 2.05) is 0 Å². The van der Waals surface area contributed by atoms with E-state index in [9.17, 15) is 9.18 Å². The van der Waals surface area contributed by atoms with Crippen LogP contribution in [0.15, 0.2) is 18.2 Å². The topological polar surface area (TPSA) is 55.1 Å². The molecular weight excluding hydrogens is 231 g/mol. The normalized spacial score (nSPS) is 17.0. The molecule has 1 aromatic rings. The van der Waals surface area contributed by atoms with Crippen molar-refractivity contribution in [3.8, 4) is 0 Å². The largest absolute Gasteiger partial charge is 0.396 e. The van der Waals surface area contributed by atoms with Crippen LogP contribution in [0.3, 0.4) is 0 Å². The predicted octanol–water partition coefficient (Wildman–Crippen LogP) is 2.72. The molecule has 18 heavy (non-hydrogen) atoms. The summed E-state index contributed by atoms with van der Waals surface area (Å²) >= 11 is 0. The smallest absolute Gasteiger partial charge is 0.251 e. The summed E-state index contributed by atoms with van der Waals surface area (Å²) < 4.78 is 13.3. The van der Waals surface area contributed by atoms with Crippen molar-refractivity contribution in [1.82, 2.24) is 5.32 Å². The molecule has 1 amide bonds. The maximum atomic E-state index is 13.3. The van der Waals surface area contributed by atoms with Crippen LogP contribution in [-0.2, 0) is 0 Å². The van der Waals surface area contributed by atoms with Gasteiger partial charge in [-0.3, -0.25) is 4.79 Å². The fraction of sp³-hybridized carbons (Fsp3) is 0.500. The van der Waals surface area contributed by atoms with Crippen LogP contribution < -0.4 is 11.1 Å². The number of carbonyl (C=O) groups is 1. The molecule has 1 saturated carbocycles. The second-order valence-electron chi connectivity index (χ2n) is 5.13. The first kappa shape index (κ1) is 12.9. The molecule has 1 aliphatic carbocycles. The van der Waals surface area contributed by atoms with Gasteiger partial charge < -0.3 is 11.1 Å². The first-order valence-electron chi connectivity index (χ1n) is 6.39. The van der Waals surface area contributed by atoms with Crippen molar-refractivity contribution < 1.29 is 9.18 Å². The van der Waals surface area contributed by atoms with Crippen LogP contribution in [0, 0.1) is 11.2 Å². The number of benzene rings is 1. The summed E-state index contributed by atoms with van der Waals surface area (Å²) in [5, 5.41) is 2.89. The number of carbonyl (C=O) groups excluding carboxylic acids is 1. The van der Waals surface area contributed by atoms with Gasteiger partial charge in [0.25, 0.3) is 5.91 Å². The Bertz CT molecular complexity index is 450. The first-order valence-corrected chi connectivity index (χ1v) is 6.39. The third-order valence-electron chi connectivity index (χ3n) is 4.05. The molecule has 2 rings (SSSR count). The van der Waals surface area contributed by atoms with Crippen LogP contribution >= 0.6 is 0 Å². The van der Waals surface area contributed by atoms with Crippen molar-refractivity contribution in [1.29, 1.82) is 0 Å². The quantitative estimate of drug-likeness (QED) is 0.807. The third-order valence-corrected chi connectivity index (χ3v) is 4.05. The highest BCUT2D eigenvalue weighted by molar-refractivity contribution is 5.94.